The number of para-hydroxylation sites is 2. The number of hydrogen-bond donors (Lipinski definition) is 0. The number of anilines is 1. The van der Waals surface area contributed by atoms with Crippen molar-refractivity contribution < 1.29 is 9.53 Å². The lowest BCUT2D eigenvalue weighted by atomic mass is 10.1. The standard InChI is InChI=1S/C26H19NO2/c28-26(21-9-2-1-3-10-21)27-18-23(29-25-13-7-6-12-24(25)27)17-19-14-15-20-8-4-5-11-22(20)16-19/h1-17H,18H2/b23-17-. The molecule has 0 saturated carbocycles. The molecule has 0 bridgehead atoms. The summed E-state index contributed by atoms with van der Waals surface area (Å²) in [7, 11) is 0. The Morgan fingerprint density at radius 1 is 0.793 bits per heavy atom. The highest BCUT2D eigenvalue weighted by Crippen LogP contribution is 2.35. The van der Waals surface area contributed by atoms with Gasteiger partial charge in [-0.15, -0.1) is 0 Å². The van der Waals surface area contributed by atoms with Gasteiger partial charge in [0, 0.05) is 5.56 Å². The van der Waals surface area contributed by atoms with E-state index in [0.717, 1.165) is 17.0 Å². The van der Waals surface area contributed by atoms with Crippen LogP contribution < -0.4 is 9.64 Å². The van der Waals surface area contributed by atoms with Crippen LogP contribution in [0.15, 0.2) is 103 Å². The topological polar surface area (TPSA) is 29.5 Å². The van der Waals surface area contributed by atoms with Gasteiger partial charge in [-0.05, 0) is 52.7 Å². The van der Waals surface area contributed by atoms with E-state index in [1.54, 1.807) is 4.90 Å². The summed E-state index contributed by atoms with van der Waals surface area (Å²) >= 11 is 0. The minimum Gasteiger partial charge on any atom is -0.458 e. The van der Waals surface area contributed by atoms with Crippen molar-refractivity contribution in [1.82, 2.24) is 0 Å². The maximum atomic E-state index is 13.2. The van der Waals surface area contributed by atoms with E-state index in [0.29, 0.717) is 17.9 Å². The zero-order chi connectivity index (χ0) is 19.6. The predicted molar refractivity (Wildman–Crippen MR) is 117 cm³/mol. The molecule has 5 rings (SSSR count). The van der Waals surface area contributed by atoms with E-state index in [1.165, 1.54) is 10.8 Å². The molecule has 4 aromatic rings. The van der Waals surface area contributed by atoms with E-state index in [4.69, 9.17) is 4.74 Å². The Hall–Kier alpha value is -3.85. The molecule has 1 amide bonds. The Balaban J connectivity index is 1.53. The number of hydrogen-bond acceptors (Lipinski definition) is 2. The van der Waals surface area contributed by atoms with Crippen LogP contribution in [-0.4, -0.2) is 12.5 Å². The van der Waals surface area contributed by atoms with Gasteiger partial charge in [-0.1, -0.05) is 66.7 Å². The fourth-order valence-electron chi connectivity index (χ4n) is 3.66. The molecule has 0 atom stereocenters. The second-order valence-electron chi connectivity index (χ2n) is 7.04. The summed E-state index contributed by atoms with van der Waals surface area (Å²) in [5.74, 6) is 1.39. The van der Waals surface area contributed by atoms with Crippen molar-refractivity contribution in [3.05, 3.63) is 114 Å². The monoisotopic (exact) mass is 377 g/mol. The van der Waals surface area contributed by atoms with Crippen LogP contribution in [-0.2, 0) is 0 Å². The molecule has 0 fully saturated rings. The van der Waals surface area contributed by atoms with Crippen LogP contribution in [0.3, 0.4) is 0 Å². The Labute approximate surface area is 169 Å². The van der Waals surface area contributed by atoms with Crippen LogP contribution in [0.4, 0.5) is 5.69 Å². The van der Waals surface area contributed by atoms with Gasteiger partial charge in [0.05, 0.1) is 12.2 Å². The van der Waals surface area contributed by atoms with Gasteiger partial charge in [-0.2, -0.15) is 0 Å². The predicted octanol–water partition coefficient (Wildman–Crippen LogP) is 5.92. The molecule has 0 unspecified atom stereocenters. The van der Waals surface area contributed by atoms with Crippen LogP contribution >= 0.6 is 0 Å². The number of benzene rings is 4. The van der Waals surface area contributed by atoms with Crippen molar-refractivity contribution >= 4 is 28.4 Å². The molecule has 0 radical (unpaired) electrons. The summed E-state index contributed by atoms with van der Waals surface area (Å²) in [5, 5.41) is 2.38. The summed E-state index contributed by atoms with van der Waals surface area (Å²) in [6, 6.07) is 31.6. The first-order valence-electron chi connectivity index (χ1n) is 9.61. The number of nitrogens with zero attached hydrogens (tertiary/aromatic N) is 1. The van der Waals surface area contributed by atoms with Crippen LogP contribution in [0, 0.1) is 0 Å². The quantitative estimate of drug-likeness (QED) is 0.434. The minimum atomic E-state index is -0.0363. The molecular weight excluding hydrogens is 358 g/mol. The minimum absolute atomic E-state index is 0.0363. The normalized spacial score (nSPS) is 14.5. The maximum absolute atomic E-state index is 13.2. The molecule has 0 N–H and O–H groups in total. The Morgan fingerprint density at radius 2 is 1.52 bits per heavy atom. The highest BCUT2D eigenvalue weighted by Gasteiger charge is 2.27. The average Bonchev–Trinajstić information content (AvgIpc) is 2.78. The number of carbonyl (C=O) groups is 1. The number of amides is 1. The Bertz CT molecular complexity index is 1230. The highest BCUT2D eigenvalue weighted by atomic mass is 16.5. The SMILES string of the molecule is O=C(c1ccccc1)N1C/C(=C/c2ccc3ccccc3c2)Oc2ccccc21. The van der Waals surface area contributed by atoms with Gasteiger partial charge in [-0.3, -0.25) is 9.69 Å². The highest BCUT2D eigenvalue weighted by molar-refractivity contribution is 6.07. The van der Waals surface area contributed by atoms with E-state index < -0.39 is 0 Å². The van der Waals surface area contributed by atoms with Crippen LogP contribution in [0.25, 0.3) is 16.8 Å². The Morgan fingerprint density at radius 3 is 2.38 bits per heavy atom. The summed E-state index contributed by atoms with van der Waals surface area (Å²) in [4.78, 5) is 15.0. The van der Waals surface area contributed by atoms with Crippen molar-refractivity contribution in [3.8, 4) is 5.75 Å². The molecule has 3 nitrogen and oxygen atoms in total. The summed E-state index contributed by atoms with van der Waals surface area (Å²) < 4.78 is 6.13. The molecular formula is C26H19NO2. The third kappa shape index (κ3) is 3.39. The summed E-state index contributed by atoms with van der Waals surface area (Å²) in [5.41, 5.74) is 2.50. The molecule has 4 aromatic carbocycles. The van der Waals surface area contributed by atoms with Gasteiger partial charge < -0.3 is 4.74 Å². The fourth-order valence-corrected chi connectivity index (χ4v) is 3.66. The zero-order valence-corrected chi connectivity index (χ0v) is 15.8. The summed E-state index contributed by atoms with van der Waals surface area (Å²) in [6.07, 6.45) is 2.01. The lowest BCUT2D eigenvalue weighted by Gasteiger charge is -2.31. The van der Waals surface area contributed by atoms with Gasteiger partial charge in [0.25, 0.3) is 5.91 Å². The van der Waals surface area contributed by atoms with Gasteiger partial charge in [0.15, 0.2) is 5.75 Å². The smallest absolute Gasteiger partial charge is 0.258 e. The van der Waals surface area contributed by atoms with Crippen molar-refractivity contribution in [1.29, 1.82) is 0 Å². The number of fused-ring (bicyclic) bond motifs is 2. The number of carbonyl (C=O) groups excluding carboxylic acids is 1. The molecule has 1 aliphatic heterocycles. The molecule has 0 aliphatic carbocycles. The van der Waals surface area contributed by atoms with E-state index >= 15 is 0 Å². The van der Waals surface area contributed by atoms with Gasteiger partial charge in [-0.25, -0.2) is 0 Å². The van der Waals surface area contributed by atoms with E-state index in [9.17, 15) is 4.79 Å². The van der Waals surface area contributed by atoms with E-state index in [2.05, 4.69) is 30.3 Å². The van der Waals surface area contributed by atoms with Crippen LogP contribution in [0.5, 0.6) is 5.75 Å². The third-order valence-electron chi connectivity index (χ3n) is 5.08. The van der Waals surface area contributed by atoms with Crippen LogP contribution in [0.2, 0.25) is 0 Å². The largest absolute Gasteiger partial charge is 0.458 e. The molecule has 0 saturated heterocycles. The van der Waals surface area contributed by atoms with Crippen molar-refractivity contribution in [3.63, 3.8) is 0 Å². The second kappa shape index (κ2) is 7.28. The molecule has 1 aliphatic rings. The van der Waals surface area contributed by atoms with Crippen molar-refractivity contribution in [2.24, 2.45) is 0 Å². The number of ether oxygens (including phenoxy) is 1. The van der Waals surface area contributed by atoms with Crippen molar-refractivity contribution in [2.75, 3.05) is 11.4 Å². The molecule has 0 spiro atoms. The molecule has 140 valence electrons. The van der Waals surface area contributed by atoms with Gasteiger partial charge in [0.1, 0.15) is 5.76 Å². The lowest BCUT2D eigenvalue weighted by Crippen LogP contribution is -2.36. The Kier molecular flexibility index (Phi) is 4.34. The van der Waals surface area contributed by atoms with E-state index in [-0.39, 0.29) is 5.91 Å². The first-order valence-corrected chi connectivity index (χ1v) is 9.61. The lowest BCUT2D eigenvalue weighted by molar-refractivity contribution is 0.0983. The summed E-state index contributed by atoms with van der Waals surface area (Å²) in [6.45, 7) is 0.386. The third-order valence-corrected chi connectivity index (χ3v) is 5.08. The molecule has 0 aromatic heterocycles. The van der Waals surface area contributed by atoms with Crippen molar-refractivity contribution in [2.45, 2.75) is 0 Å². The maximum Gasteiger partial charge on any atom is 0.258 e. The zero-order valence-electron chi connectivity index (χ0n) is 15.8. The molecule has 3 heteroatoms. The van der Waals surface area contributed by atoms with Gasteiger partial charge >= 0.3 is 0 Å². The first-order chi connectivity index (χ1) is 14.3. The second-order valence-corrected chi connectivity index (χ2v) is 7.04. The molecule has 29 heavy (non-hydrogen) atoms. The molecule has 1 heterocycles. The van der Waals surface area contributed by atoms with Crippen LogP contribution in [0.1, 0.15) is 15.9 Å². The van der Waals surface area contributed by atoms with E-state index in [1.807, 2.05) is 72.8 Å². The average molecular weight is 377 g/mol. The van der Waals surface area contributed by atoms with Gasteiger partial charge in [0.2, 0.25) is 0 Å². The number of rotatable bonds is 2. The first kappa shape index (κ1) is 17.3. The fraction of sp³-hybridized carbons (Fsp3) is 0.0385.